The van der Waals surface area contributed by atoms with Gasteiger partial charge in [0.05, 0.1) is 11.8 Å². The van der Waals surface area contributed by atoms with E-state index in [1.54, 1.807) is 30.3 Å². The fraction of sp³-hybridized carbons (Fsp3) is 0.160. The molecule has 1 atom stereocenters. The van der Waals surface area contributed by atoms with Crippen molar-refractivity contribution in [1.82, 2.24) is 0 Å². The molecule has 0 fully saturated rings. The molecular weight excluding hydrogens is 397 g/mol. The van der Waals surface area contributed by atoms with Gasteiger partial charge in [-0.3, -0.25) is 4.79 Å². The third kappa shape index (κ3) is 4.44. The Morgan fingerprint density at radius 3 is 2.74 bits per heavy atom. The summed E-state index contributed by atoms with van der Waals surface area (Å²) < 4.78 is 25.8. The molecule has 31 heavy (non-hydrogen) atoms. The van der Waals surface area contributed by atoms with E-state index in [4.69, 9.17) is 20.0 Å². The summed E-state index contributed by atoms with van der Waals surface area (Å²) in [5.74, 6) is -0.903. The highest BCUT2D eigenvalue weighted by Gasteiger charge is 2.15. The molecule has 5 nitrogen and oxygen atoms in total. The van der Waals surface area contributed by atoms with Crippen molar-refractivity contribution in [1.29, 1.82) is 0 Å². The van der Waals surface area contributed by atoms with Crippen LogP contribution in [-0.2, 0) is 17.8 Å². The zero-order valence-corrected chi connectivity index (χ0v) is 17.0. The highest BCUT2D eigenvalue weighted by atomic mass is 19.1. The molecule has 6 heteroatoms. The van der Waals surface area contributed by atoms with Crippen LogP contribution in [0, 0.1) is 5.82 Å². The number of nitrogens with two attached hydrogens (primary N) is 1. The number of fused-ring (bicyclic) bond motifs is 1. The Labute approximate surface area is 178 Å². The number of hydrogen-bond donors (Lipinski definition) is 2. The van der Waals surface area contributed by atoms with Gasteiger partial charge in [0.2, 0.25) is 0 Å². The van der Waals surface area contributed by atoms with Crippen LogP contribution in [0.25, 0.3) is 22.1 Å². The van der Waals surface area contributed by atoms with E-state index in [-0.39, 0.29) is 19.1 Å². The minimum absolute atomic E-state index is 0.138. The molecule has 0 bridgehead atoms. The summed E-state index contributed by atoms with van der Waals surface area (Å²) in [7, 11) is 0. The van der Waals surface area contributed by atoms with Crippen molar-refractivity contribution in [2.75, 3.05) is 0 Å². The predicted molar refractivity (Wildman–Crippen MR) is 116 cm³/mol. The predicted octanol–water partition coefficient (Wildman–Crippen LogP) is 5.46. The first-order valence-corrected chi connectivity index (χ1v) is 9.90. The van der Waals surface area contributed by atoms with Crippen molar-refractivity contribution in [2.24, 2.45) is 5.73 Å². The SMILES string of the molecule is C[C@H](N)c1cccc(-c2cc(COc3ccccc3CC(=O)O)cc3c(F)coc23)c1. The van der Waals surface area contributed by atoms with E-state index in [0.717, 1.165) is 28.5 Å². The molecule has 1 heterocycles. The number of para-hydroxylation sites is 1. The maximum absolute atomic E-state index is 14.4. The fourth-order valence-electron chi connectivity index (χ4n) is 3.57. The van der Waals surface area contributed by atoms with Gasteiger partial charge in [0.1, 0.15) is 24.2 Å². The Kier molecular flexibility index (Phi) is 5.73. The number of ether oxygens (including phenoxy) is 1. The summed E-state index contributed by atoms with van der Waals surface area (Å²) in [6, 6.07) is 18.2. The molecule has 4 aromatic rings. The monoisotopic (exact) mass is 419 g/mol. The fourth-order valence-corrected chi connectivity index (χ4v) is 3.57. The molecular formula is C25H22FNO4. The molecule has 3 N–H and O–H groups in total. The number of aliphatic carboxylic acids is 1. The van der Waals surface area contributed by atoms with Crippen LogP contribution in [0.1, 0.15) is 29.7 Å². The second-order valence-corrected chi connectivity index (χ2v) is 7.48. The third-order valence-electron chi connectivity index (χ3n) is 5.12. The zero-order valence-electron chi connectivity index (χ0n) is 17.0. The summed E-state index contributed by atoms with van der Waals surface area (Å²) in [6.07, 6.45) is 0.956. The van der Waals surface area contributed by atoms with Gasteiger partial charge in [0.25, 0.3) is 0 Å². The molecule has 1 aromatic heterocycles. The minimum atomic E-state index is -0.936. The van der Waals surface area contributed by atoms with E-state index in [1.165, 1.54) is 0 Å². The largest absolute Gasteiger partial charge is 0.489 e. The van der Waals surface area contributed by atoms with Gasteiger partial charge in [0.15, 0.2) is 5.82 Å². The van der Waals surface area contributed by atoms with Gasteiger partial charge >= 0.3 is 5.97 Å². The smallest absolute Gasteiger partial charge is 0.307 e. The average Bonchev–Trinajstić information content (AvgIpc) is 3.13. The van der Waals surface area contributed by atoms with E-state index >= 15 is 0 Å². The van der Waals surface area contributed by atoms with Gasteiger partial charge in [-0.1, -0.05) is 36.4 Å². The van der Waals surface area contributed by atoms with Gasteiger partial charge in [-0.2, -0.15) is 0 Å². The summed E-state index contributed by atoms with van der Waals surface area (Å²) in [6.45, 7) is 2.05. The lowest BCUT2D eigenvalue weighted by atomic mass is 9.97. The van der Waals surface area contributed by atoms with Crippen LogP contribution >= 0.6 is 0 Å². The van der Waals surface area contributed by atoms with E-state index < -0.39 is 11.8 Å². The zero-order chi connectivity index (χ0) is 22.0. The maximum Gasteiger partial charge on any atom is 0.307 e. The molecule has 0 saturated carbocycles. The van der Waals surface area contributed by atoms with Crippen LogP contribution < -0.4 is 10.5 Å². The van der Waals surface area contributed by atoms with Crippen LogP contribution in [0.3, 0.4) is 0 Å². The molecule has 0 aliphatic carbocycles. The van der Waals surface area contributed by atoms with Crippen molar-refractivity contribution < 1.29 is 23.4 Å². The van der Waals surface area contributed by atoms with Gasteiger partial charge < -0.3 is 20.0 Å². The van der Waals surface area contributed by atoms with Crippen LogP contribution in [0.4, 0.5) is 4.39 Å². The second kappa shape index (κ2) is 8.62. The molecule has 0 saturated heterocycles. The average molecular weight is 419 g/mol. The molecule has 0 amide bonds. The van der Waals surface area contributed by atoms with Crippen molar-refractivity contribution in [3.63, 3.8) is 0 Å². The number of benzene rings is 3. The van der Waals surface area contributed by atoms with E-state index in [0.29, 0.717) is 22.3 Å². The standard InChI is InChI=1S/C25H22FNO4/c1-15(27)17-6-4-7-18(11-17)20-9-16(10-21-22(26)14-31-25(20)21)13-30-23-8-3-2-5-19(23)12-24(28)29/h2-11,14-15H,12-13,27H2,1H3,(H,28,29)/t15-/m0/s1. The Bertz CT molecular complexity index is 1250. The quantitative estimate of drug-likeness (QED) is 0.415. The Balaban J connectivity index is 1.71. The minimum Gasteiger partial charge on any atom is -0.489 e. The Morgan fingerprint density at radius 1 is 1.16 bits per heavy atom. The Morgan fingerprint density at radius 2 is 1.97 bits per heavy atom. The lowest BCUT2D eigenvalue weighted by Gasteiger charge is -2.13. The Hall–Kier alpha value is -3.64. The van der Waals surface area contributed by atoms with E-state index in [9.17, 15) is 9.18 Å². The summed E-state index contributed by atoms with van der Waals surface area (Å²) in [4.78, 5) is 11.1. The van der Waals surface area contributed by atoms with Crippen molar-refractivity contribution in [3.8, 4) is 16.9 Å². The van der Waals surface area contributed by atoms with Crippen LogP contribution in [0.5, 0.6) is 5.75 Å². The number of carboxylic acids is 1. The van der Waals surface area contributed by atoms with Crippen LogP contribution in [0.15, 0.2) is 71.3 Å². The molecule has 0 aliphatic rings. The number of carboxylic acid groups (broad SMARTS) is 1. The van der Waals surface area contributed by atoms with Crippen molar-refractivity contribution in [3.05, 3.63) is 89.4 Å². The normalized spacial score (nSPS) is 12.1. The second-order valence-electron chi connectivity index (χ2n) is 7.48. The molecule has 0 aliphatic heterocycles. The number of rotatable bonds is 7. The van der Waals surface area contributed by atoms with Crippen molar-refractivity contribution in [2.45, 2.75) is 26.0 Å². The third-order valence-corrected chi connectivity index (χ3v) is 5.12. The highest BCUT2D eigenvalue weighted by Crippen LogP contribution is 2.34. The maximum atomic E-state index is 14.4. The van der Waals surface area contributed by atoms with Gasteiger partial charge in [0, 0.05) is 17.2 Å². The molecule has 0 spiro atoms. The number of hydrogen-bond acceptors (Lipinski definition) is 4. The molecule has 3 aromatic carbocycles. The topological polar surface area (TPSA) is 85.7 Å². The number of halogens is 1. The van der Waals surface area contributed by atoms with E-state index in [2.05, 4.69) is 0 Å². The lowest BCUT2D eigenvalue weighted by Crippen LogP contribution is -2.05. The van der Waals surface area contributed by atoms with Gasteiger partial charge in [-0.15, -0.1) is 0 Å². The number of furan rings is 1. The van der Waals surface area contributed by atoms with Gasteiger partial charge in [-0.05, 0) is 47.9 Å². The first-order valence-electron chi connectivity index (χ1n) is 9.90. The number of carbonyl (C=O) groups is 1. The summed E-state index contributed by atoms with van der Waals surface area (Å²) in [5, 5.41) is 9.47. The van der Waals surface area contributed by atoms with Crippen LogP contribution in [0.2, 0.25) is 0 Å². The highest BCUT2D eigenvalue weighted by molar-refractivity contribution is 5.93. The summed E-state index contributed by atoms with van der Waals surface area (Å²) >= 11 is 0. The first-order chi connectivity index (χ1) is 14.9. The van der Waals surface area contributed by atoms with Gasteiger partial charge in [-0.25, -0.2) is 4.39 Å². The molecule has 0 unspecified atom stereocenters. The van der Waals surface area contributed by atoms with E-state index in [1.807, 2.05) is 37.3 Å². The van der Waals surface area contributed by atoms with Crippen molar-refractivity contribution >= 4 is 16.9 Å². The lowest BCUT2D eigenvalue weighted by molar-refractivity contribution is -0.136. The first kappa shape index (κ1) is 20.6. The van der Waals surface area contributed by atoms with Crippen LogP contribution in [-0.4, -0.2) is 11.1 Å². The molecule has 4 rings (SSSR count). The molecule has 158 valence electrons. The summed E-state index contributed by atoms with van der Waals surface area (Å²) in [5.41, 5.74) is 10.4. The molecule has 0 radical (unpaired) electrons.